The number of carbonyl (C=O) groups is 3. The van der Waals surface area contributed by atoms with Gasteiger partial charge in [-0.1, -0.05) is 0 Å². The molecule has 1 amide bonds. The molecule has 0 aliphatic carbocycles. The Hall–Kier alpha value is -1.59. The van der Waals surface area contributed by atoms with Crippen LogP contribution < -0.4 is 5.32 Å². The van der Waals surface area contributed by atoms with Gasteiger partial charge in [-0.05, 0) is 0 Å². The molecule has 1 rings (SSSR count). The summed E-state index contributed by atoms with van der Waals surface area (Å²) >= 11 is 0. The van der Waals surface area contributed by atoms with Crippen molar-refractivity contribution in [2.24, 2.45) is 0 Å². The highest BCUT2D eigenvalue weighted by molar-refractivity contribution is 6.11. The Morgan fingerprint density at radius 3 is 2.67 bits per heavy atom. The number of hydrogen-bond donors (Lipinski definition) is 1. The Morgan fingerprint density at radius 2 is 2.25 bits per heavy atom. The molecule has 0 aromatic heterocycles. The summed E-state index contributed by atoms with van der Waals surface area (Å²) in [5.74, 6) is -1.07. The first-order valence-electron chi connectivity index (χ1n) is 3.20. The maximum atomic E-state index is 10.8. The molecule has 66 valence electrons. The van der Waals surface area contributed by atoms with Gasteiger partial charge in [-0.3, -0.25) is 9.59 Å². The van der Waals surface area contributed by atoms with Gasteiger partial charge in [0.05, 0.1) is 13.7 Å². The molecule has 0 aromatic rings. The van der Waals surface area contributed by atoms with Gasteiger partial charge in [0.2, 0.25) is 11.9 Å². The number of ether oxygens (including phenoxy) is 2. The molecule has 0 saturated carbocycles. The fourth-order valence-electron chi connectivity index (χ4n) is 0.769. The Kier molecular flexibility index (Phi) is 2.27. The van der Waals surface area contributed by atoms with E-state index in [9.17, 15) is 14.4 Å². The zero-order valence-electron chi connectivity index (χ0n) is 6.33. The molecule has 12 heavy (non-hydrogen) atoms. The fourth-order valence-corrected chi connectivity index (χ4v) is 0.769. The molecule has 1 aliphatic heterocycles. The number of rotatable bonds is 1. The van der Waals surface area contributed by atoms with Gasteiger partial charge in [0.15, 0.2) is 0 Å². The van der Waals surface area contributed by atoms with Crippen molar-refractivity contribution < 1.29 is 23.9 Å². The van der Waals surface area contributed by atoms with Crippen LogP contribution in [0.4, 0.5) is 4.79 Å². The predicted octanol–water partition coefficient (Wildman–Crippen LogP) is -1.16. The first-order chi connectivity index (χ1) is 5.65. The molecular formula is C6H7NO5. The third kappa shape index (κ3) is 1.52. The lowest BCUT2D eigenvalue weighted by Gasteiger charge is -2.05. The van der Waals surface area contributed by atoms with Crippen molar-refractivity contribution in [1.82, 2.24) is 5.32 Å². The first-order valence-corrected chi connectivity index (χ1v) is 3.20. The van der Waals surface area contributed by atoms with Crippen molar-refractivity contribution in [2.75, 3.05) is 13.7 Å². The van der Waals surface area contributed by atoms with E-state index in [0.717, 1.165) is 7.11 Å². The number of amides is 1. The zero-order chi connectivity index (χ0) is 9.14. The largest absolute Gasteiger partial charge is 0.509 e. The lowest BCUT2D eigenvalue weighted by atomic mass is 10.3. The van der Waals surface area contributed by atoms with Crippen molar-refractivity contribution in [3.05, 3.63) is 0 Å². The molecule has 6 heteroatoms. The Labute approximate surface area is 67.8 Å². The van der Waals surface area contributed by atoms with Crippen molar-refractivity contribution >= 4 is 17.8 Å². The number of carbonyl (C=O) groups excluding carboxylic acids is 3. The van der Waals surface area contributed by atoms with Crippen LogP contribution in [0.2, 0.25) is 0 Å². The van der Waals surface area contributed by atoms with Gasteiger partial charge in [0, 0.05) is 0 Å². The van der Waals surface area contributed by atoms with Crippen LogP contribution in [-0.4, -0.2) is 37.6 Å². The van der Waals surface area contributed by atoms with E-state index < -0.39 is 23.9 Å². The molecule has 1 atom stereocenters. The molecule has 0 spiro atoms. The van der Waals surface area contributed by atoms with E-state index in [0.29, 0.717) is 0 Å². The molecule has 6 nitrogen and oxygen atoms in total. The molecule has 1 heterocycles. The monoisotopic (exact) mass is 173 g/mol. The van der Waals surface area contributed by atoms with Crippen molar-refractivity contribution in [2.45, 2.75) is 6.10 Å². The third-order valence-corrected chi connectivity index (χ3v) is 1.35. The summed E-state index contributed by atoms with van der Waals surface area (Å²) in [5, 5.41) is 2.23. The van der Waals surface area contributed by atoms with Gasteiger partial charge in [-0.2, -0.15) is 0 Å². The van der Waals surface area contributed by atoms with E-state index >= 15 is 0 Å². The summed E-state index contributed by atoms with van der Waals surface area (Å²) in [6.07, 6.45) is -2.37. The smallest absolute Gasteiger partial charge is 0.438 e. The molecule has 1 unspecified atom stereocenters. The van der Waals surface area contributed by atoms with Gasteiger partial charge in [-0.15, -0.1) is 0 Å². The van der Waals surface area contributed by atoms with E-state index in [1.54, 1.807) is 0 Å². The second kappa shape index (κ2) is 3.21. The summed E-state index contributed by atoms with van der Waals surface area (Å²) in [4.78, 5) is 32.1. The van der Waals surface area contributed by atoms with E-state index in [1.165, 1.54) is 0 Å². The van der Waals surface area contributed by atoms with Crippen LogP contribution in [0.15, 0.2) is 0 Å². The minimum Gasteiger partial charge on any atom is -0.438 e. The number of methoxy groups -OCH3 is 1. The predicted molar refractivity (Wildman–Crippen MR) is 35.3 cm³/mol. The van der Waals surface area contributed by atoms with Gasteiger partial charge in [0.1, 0.15) is 0 Å². The summed E-state index contributed by atoms with van der Waals surface area (Å²) in [6.45, 7) is -0.0967. The van der Waals surface area contributed by atoms with Crippen LogP contribution in [0.3, 0.4) is 0 Å². The molecule has 0 aromatic carbocycles. The molecule has 0 bridgehead atoms. The second-order valence-corrected chi connectivity index (χ2v) is 2.14. The molecule has 0 radical (unpaired) electrons. The van der Waals surface area contributed by atoms with Crippen molar-refractivity contribution in [1.29, 1.82) is 0 Å². The van der Waals surface area contributed by atoms with Crippen LogP contribution >= 0.6 is 0 Å². The second-order valence-electron chi connectivity index (χ2n) is 2.14. The first kappa shape index (κ1) is 8.51. The highest BCUT2D eigenvalue weighted by atomic mass is 16.7. The third-order valence-electron chi connectivity index (χ3n) is 1.35. The highest BCUT2D eigenvalue weighted by Crippen LogP contribution is 2.02. The van der Waals surface area contributed by atoms with Gasteiger partial charge in [0.25, 0.3) is 5.91 Å². The van der Waals surface area contributed by atoms with E-state index in [2.05, 4.69) is 14.8 Å². The molecular weight excluding hydrogens is 166 g/mol. The Bertz CT molecular complexity index is 220. The van der Waals surface area contributed by atoms with Gasteiger partial charge < -0.3 is 14.8 Å². The molecule has 1 saturated heterocycles. The van der Waals surface area contributed by atoms with Crippen LogP contribution in [0.5, 0.6) is 0 Å². The molecule has 1 N–H and O–H groups in total. The van der Waals surface area contributed by atoms with E-state index in [-0.39, 0.29) is 6.54 Å². The SMILES string of the molecule is COC(=O)OC1C(=O)CNC1=O. The maximum absolute atomic E-state index is 10.8. The van der Waals surface area contributed by atoms with Gasteiger partial charge in [-0.25, -0.2) is 4.79 Å². The lowest BCUT2D eigenvalue weighted by Crippen LogP contribution is -2.30. The highest BCUT2D eigenvalue weighted by Gasteiger charge is 2.36. The molecule has 1 aliphatic rings. The lowest BCUT2D eigenvalue weighted by molar-refractivity contribution is -0.134. The quantitative estimate of drug-likeness (QED) is 0.399. The van der Waals surface area contributed by atoms with E-state index in [1.807, 2.05) is 0 Å². The summed E-state index contributed by atoms with van der Waals surface area (Å²) < 4.78 is 8.48. The Morgan fingerprint density at radius 1 is 1.58 bits per heavy atom. The van der Waals surface area contributed by atoms with Crippen LogP contribution in [0, 0.1) is 0 Å². The number of Topliss-reactive ketones (excluding diaryl/α,β-unsaturated/α-hetero) is 1. The number of hydrogen-bond acceptors (Lipinski definition) is 5. The summed E-state index contributed by atoms with van der Waals surface area (Å²) in [7, 11) is 1.10. The van der Waals surface area contributed by atoms with Gasteiger partial charge >= 0.3 is 6.16 Å². The van der Waals surface area contributed by atoms with Crippen LogP contribution in [0.25, 0.3) is 0 Å². The van der Waals surface area contributed by atoms with Crippen molar-refractivity contribution in [3.8, 4) is 0 Å². The topological polar surface area (TPSA) is 81.7 Å². The summed E-state index contributed by atoms with van der Waals surface area (Å²) in [6, 6.07) is 0. The minimum absolute atomic E-state index is 0.0967. The average Bonchev–Trinajstić information content (AvgIpc) is 2.35. The number of ketones is 1. The zero-order valence-corrected chi connectivity index (χ0v) is 6.33. The molecule has 1 fully saturated rings. The standard InChI is InChI=1S/C6H7NO5/c1-11-6(10)12-4-3(8)2-7-5(4)9/h4H,2H2,1H3,(H,7,9). The van der Waals surface area contributed by atoms with Crippen LogP contribution in [-0.2, 0) is 19.1 Å². The Balaban J connectivity index is 2.56. The maximum Gasteiger partial charge on any atom is 0.509 e. The minimum atomic E-state index is -1.34. The number of nitrogens with one attached hydrogen (secondary N) is 1. The van der Waals surface area contributed by atoms with E-state index in [4.69, 9.17) is 0 Å². The fraction of sp³-hybridized carbons (Fsp3) is 0.500. The van der Waals surface area contributed by atoms with Crippen LogP contribution in [0.1, 0.15) is 0 Å². The normalized spacial score (nSPS) is 21.9. The average molecular weight is 173 g/mol. The van der Waals surface area contributed by atoms with Crippen molar-refractivity contribution in [3.63, 3.8) is 0 Å². The summed E-state index contributed by atoms with van der Waals surface area (Å²) in [5.41, 5.74) is 0.